The highest BCUT2D eigenvalue weighted by Gasteiger charge is 2.37. The van der Waals surface area contributed by atoms with E-state index in [-0.39, 0.29) is 10.8 Å². The van der Waals surface area contributed by atoms with Gasteiger partial charge in [0.2, 0.25) is 0 Å². The molecule has 0 spiro atoms. The van der Waals surface area contributed by atoms with Crippen LogP contribution >= 0.6 is 0 Å². The van der Waals surface area contributed by atoms with Gasteiger partial charge < -0.3 is 4.90 Å². The third-order valence-corrected chi connectivity index (χ3v) is 10.0. The Kier molecular flexibility index (Phi) is 6.59. The maximum Gasteiger partial charge on any atom is 0.0465 e. The van der Waals surface area contributed by atoms with E-state index >= 15 is 0 Å². The summed E-state index contributed by atoms with van der Waals surface area (Å²) in [5.41, 5.74) is 16.6. The first-order valence-corrected chi connectivity index (χ1v) is 15.6. The fourth-order valence-corrected chi connectivity index (χ4v) is 7.26. The lowest BCUT2D eigenvalue weighted by atomic mass is 9.81. The predicted molar refractivity (Wildman–Crippen MR) is 189 cm³/mol. The number of nitrogens with zero attached hydrogens (tertiary/aromatic N) is 1. The van der Waals surface area contributed by atoms with Crippen molar-refractivity contribution in [3.8, 4) is 22.3 Å². The van der Waals surface area contributed by atoms with Gasteiger partial charge in [-0.1, -0.05) is 137 Å². The minimum Gasteiger partial charge on any atom is -0.310 e. The Morgan fingerprint density at radius 2 is 1.09 bits per heavy atom. The SMILES string of the molecule is C=C/C=C\C1=C(C)C(C)(C)c2cc(N(c3ccc(-c4ccccc4)cc3)c3ccc4c(c3)C(C)(C)c3ccccc3-4)ccc21. The quantitative estimate of drug-likeness (QED) is 0.184. The van der Waals surface area contributed by atoms with Crippen molar-refractivity contribution in [2.45, 2.75) is 45.4 Å². The molecule has 0 amide bonds. The molecule has 2 aliphatic rings. The van der Waals surface area contributed by atoms with E-state index in [4.69, 9.17) is 0 Å². The van der Waals surface area contributed by atoms with Crippen molar-refractivity contribution >= 4 is 22.6 Å². The minimum atomic E-state index is -0.0728. The van der Waals surface area contributed by atoms with Crippen molar-refractivity contribution < 1.29 is 0 Å². The van der Waals surface area contributed by atoms with E-state index in [0.717, 1.165) is 5.69 Å². The van der Waals surface area contributed by atoms with Gasteiger partial charge in [-0.05, 0) is 93.4 Å². The van der Waals surface area contributed by atoms with E-state index in [1.54, 1.807) is 0 Å². The van der Waals surface area contributed by atoms with Gasteiger partial charge in [0.05, 0.1) is 0 Å². The fourth-order valence-electron chi connectivity index (χ4n) is 7.26. The normalized spacial score (nSPS) is 15.7. The second kappa shape index (κ2) is 10.4. The van der Waals surface area contributed by atoms with Crippen LogP contribution in [0.25, 0.3) is 27.8 Å². The van der Waals surface area contributed by atoms with E-state index in [1.165, 1.54) is 67.0 Å². The molecule has 0 atom stereocenters. The van der Waals surface area contributed by atoms with E-state index in [0.29, 0.717) is 0 Å². The maximum atomic E-state index is 3.90. The molecule has 0 radical (unpaired) electrons. The molecule has 44 heavy (non-hydrogen) atoms. The summed E-state index contributed by atoms with van der Waals surface area (Å²) in [6, 6.07) is 42.5. The molecule has 0 bridgehead atoms. The van der Waals surface area contributed by atoms with Crippen LogP contribution in [0.3, 0.4) is 0 Å². The molecule has 0 saturated heterocycles. The highest BCUT2D eigenvalue weighted by atomic mass is 15.1. The molecular formula is C43H39N. The zero-order valence-electron chi connectivity index (χ0n) is 26.4. The second-order valence-corrected chi connectivity index (χ2v) is 13.1. The molecule has 0 fully saturated rings. The summed E-state index contributed by atoms with van der Waals surface area (Å²) in [6.45, 7) is 15.6. The first-order chi connectivity index (χ1) is 21.2. The molecule has 5 aromatic rings. The number of hydrogen-bond donors (Lipinski definition) is 0. The zero-order valence-corrected chi connectivity index (χ0v) is 26.4. The first kappa shape index (κ1) is 27.9. The van der Waals surface area contributed by atoms with Crippen LogP contribution in [-0.4, -0.2) is 0 Å². The van der Waals surface area contributed by atoms with Gasteiger partial charge in [-0.2, -0.15) is 0 Å². The summed E-state index contributed by atoms with van der Waals surface area (Å²) < 4.78 is 0. The summed E-state index contributed by atoms with van der Waals surface area (Å²) in [4.78, 5) is 2.43. The number of hydrogen-bond acceptors (Lipinski definition) is 1. The molecule has 7 rings (SSSR count). The largest absolute Gasteiger partial charge is 0.310 e. The van der Waals surface area contributed by atoms with E-state index in [1.807, 2.05) is 12.2 Å². The Balaban J connectivity index is 1.39. The molecular weight excluding hydrogens is 530 g/mol. The van der Waals surface area contributed by atoms with Crippen LogP contribution in [0.5, 0.6) is 0 Å². The van der Waals surface area contributed by atoms with Gasteiger partial charge >= 0.3 is 0 Å². The van der Waals surface area contributed by atoms with Gasteiger partial charge in [0.15, 0.2) is 0 Å². The Bertz CT molecular complexity index is 1970. The lowest BCUT2D eigenvalue weighted by molar-refractivity contribution is 0.639. The van der Waals surface area contributed by atoms with Crippen molar-refractivity contribution in [3.63, 3.8) is 0 Å². The molecule has 0 N–H and O–H groups in total. The van der Waals surface area contributed by atoms with Crippen LogP contribution in [-0.2, 0) is 10.8 Å². The molecule has 5 aromatic carbocycles. The zero-order chi connectivity index (χ0) is 30.6. The summed E-state index contributed by atoms with van der Waals surface area (Å²) in [7, 11) is 0. The van der Waals surface area contributed by atoms with Crippen molar-refractivity contribution in [2.24, 2.45) is 0 Å². The Morgan fingerprint density at radius 1 is 0.545 bits per heavy atom. The highest BCUT2D eigenvalue weighted by Crippen LogP contribution is 2.52. The second-order valence-electron chi connectivity index (χ2n) is 13.1. The molecule has 1 heteroatoms. The topological polar surface area (TPSA) is 3.24 Å². The average molecular weight is 570 g/mol. The average Bonchev–Trinajstić information content (AvgIpc) is 3.39. The molecule has 0 unspecified atom stereocenters. The summed E-state index contributed by atoms with van der Waals surface area (Å²) >= 11 is 0. The maximum absolute atomic E-state index is 3.90. The molecule has 1 nitrogen and oxygen atoms in total. The molecule has 0 aliphatic heterocycles. The van der Waals surface area contributed by atoms with Gasteiger partial charge in [-0.25, -0.2) is 0 Å². The van der Waals surface area contributed by atoms with Crippen LogP contribution in [0.2, 0.25) is 0 Å². The minimum absolute atomic E-state index is 0.0713. The Morgan fingerprint density at radius 3 is 1.77 bits per heavy atom. The third kappa shape index (κ3) is 4.30. The van der Waals surface area contributed by atoms with Gasteiger partial charge in [0.1, 0.15) is 0 Å². The standard InChI is InChI=1S/C43H39N/c1-7-8-16-35-29(2)42(3,4)40-27-33(23-25-37(35)40)44(32-21-19-31(20-22-32)30-14-10-9-11-15-30)34-24-26-38-36-17-12-13-18-39(36)43(5,6)41(38)28-34/h7-28H,1H2,2-6H3/b16-8-. The summed E-state index contributed by atoms with van der Waals surface area (Å²) in [5, 5.41) is 0. The van der Waals surface area contributed by atoms with Crippen LogP contribution in [0, 0.1) is 0 Å². The lowest BCUT2D eigenvalue weighted by Gasteiger charge is -2.30. The molecule has 0 aromatic heterocycles. The monoisotopic (exact) mass is 569 g/mol. The first-order valence-electron chi connectivity index (χ1n) is 15.6. The lowest BCUT2D eigenvalue weighted by Crippen LogP contribution is -2.18. The molecule has 2 aliphatic carbocycles. The predicted octanol–water partition coefficient (Wildman–Crippen LogP) is 11.9. The Labute approximate surface area is 262 Å². The summed E-state index contributed by atoms with van der Waals surface area (Å²) in [5.74, 6) is 0. The van der Waals surface area contributed by atoms with Crippen LogP contribution in [0.15, 0.2) is 146 Å². The van der Waals surface area contributed by atoms with Crippen molar-refractivity contribution in [3.05, 3.63) is 168 Å². The molecule has 216 valence electrons. The van der Waals surface area contributed by atoms with E-state index < -0.39 is 0 Å². The van der Waals surface area contributed by atoms with Gasteiger partial charge in [-0.3, -0.25) is 0 Å². The van der Waals surface area contributed by atoms with Crippen molar-refractivity contribution in [1.82, 2.24) is 0 Å². The van der Waals surface area contributed by atoms with Crippen LogP contribution in [0.1, 0.15) is 56.9 Å². The van der Waals surface area contributed by atoms with Crippen LogP contribution < -0.4 is 4.90 Å². The number of anilines is 3. The highest BCUT2D eigenvalue weighted by molar-refractivity contribution is 5.90. The van der Waals surface area contributed by atoms with Crippen molar-refractivity contribution in [1.29, 1.82) is 0 Å². The van der Waals surface area contributed by atoms with E-state index in [2.05, 4.69) is 167 Å². The number of rotatable bonds is 6. The Hall–Kier alpha value is -4.88. The third-order valence-electron chi connectivity index (χ3n) is 10.0. The molecule has 0 heterocycles. The smallest absolute Gasteiger partial charge is 0.0465 e. The van der Waals surface area contributed by atoms with Crippen LogP contribution in [0.4, 0.5) is 17.1 Å². The number of allylic oxidation sites excluding steroid dienone is 5. The fraction of sp³-hybridized carbons (Fsp3) is 0.163. The summed E-state index contributed by atoms with van der Waals surface area (Å²) in [6.07, 6.45) is 6.10. The van der Waals surface area contributed by atoms with E-state index in [9.17, 15) is 0 Å². The van der Waals surface area contributed by atoms with Gasteiger partial charge in [0.25, 0.3) is 0 Å². The molecule has 0 saturated carbocycles. The number of fused-ring (bicyclic) bond motifs is 4. The number of benzene rings is 5. The van der Waals surface area contributed by atoms with Gasteiger partial charge in [0, 0.05) is 27.9 Å². The van der Waals surface area contributed by atoms with Gasteiger partial charge in [-0.15, -0.1) is 0 Å². The van der Waals surface area contributed by atoms with Crippen molar-refractivity contribution in [2.75, 3.05) is 4.90 Å².